The van der Waals surface area contributed by atoms with Crippen molar-refractivity contribution in [3.8, 4) is 11.4 Å². The van der Waals surface area contributed by atoms with Gasteiger partial charge in [-0.25, -0.2) is 15.0 Å². The molecular formula is C27H32N8O2. The number of ether oxygens (including phenoxy) is 1. The van der Waals surface area contributed by atoms with E-state index in [1.165, 1.54) is 0 Å². The molecule has 3 aromatic rings. The first-order chi connectivity index (χ1) is 17.8. The van der Waals surface area contributed by atoms with Crippen molar-refractivity contribution in [3.63, 3.8) is 0 Å². The van der Waals surface area contributed by atoms with E-state index >= 15 is 0 Å². The number of hydrogen-bond donors (Lipinski definition) is 2. The van der Waals surface area contributed by atoms with Crippen molar-refractivity contribution in [1.29, 1.82) is 0 Å². The van der Waals surface area contributed by atoms with Gasteiger partial charge in [-0.15, -0.1) is 0 Å². The summed E-state index contributed by atoms with van der Waals surface area (Å²) in [5.41, 5.74) is 2.52. The Kier molecular flexibility index (Phi) is 7.78. The summed E-state index contributed by atoms with van der Waals surface area (Å²) in [5, 5.41) is 6.87. The molecule has 1 aliphatic rings. The van der Waals surface area contributed by atoms with Crippen LogP contribution < -0.4 is 20.9 Å². The van der Waals surface area contributed by atoms with Crippen LogP contribution in [0.5, 0.6) is 5.75 Å². The molecule has 2 N–H and O–H groups in total. The van der Waals surface area contributed by atoms with Gasteiger partial charge in [-0.2, -0.15) is 0 Å². The monoisotopic (exact) mass is 500 g/mol. The van der Waals surface area contributed by atoms with Crippen LogP contribution in [0.15, 0.2) is 73.8 Å². The lowest BCUT2D eigenvalue weighted by Crippen LogP contribution is -2.31. The van der Waals surface area contributed by atoms with Crippen molar-refractivity contribution in [2.75, 3.05) is 34.3 Å². The quantitative estimate of drug-likeness (QED) is 0.438. The molecule has 192 valence electrons. The normalized spacial score (nSPS) is 16.2. The Labute approximate surface area is 216 Å². The van der Waals surface area contributed by atoms with Gasteiger partial charge in [-0.05, 0) is 58.4 Å². The number of rotatable bonds is 9. The number of nitrogens with one attached hydrogen (secondary N) is 2. The van der Waals surface area contributed by atoms with E-state index in [4.69, 9.17) is 9.72 Å². The number of likely N-dealkylation sites (N-methyl/N-ethyl adjacent to an activating group) is 1. The Hall–Kier alpha value is -4.31. The van der Waals surface area contributed by atoms with E-state index in [2.05, 4.69) is 32.3 Å². The van der Waals surface area contributed by atoms with Crippen LogP contribution in [-0.4, -0.2) is 67.6 Å². The lowest BCUT2D eigenvalue weighted by atomic mass is 10.1. The first-order valence-corrected chi connectivity index (χ1v) is 12.0. The molecule has 1 aromatic heterocycles. The second kappa shape index (κ2) is 11.2. The molecule has 10 nitrogen and oxygen atoms in total. The van der Waals surface area contributed by atoms with Crippen molar-refractivity contribution >= 4 is 29.8 Å². The molecule has 4 rings (SSSR count). The summed E-state index contributed by atoms with van der Waals surface area (Å²) in [6, 6.07) is 12.7. The molecule has 2 heterocycles. The molecule has 1 atom stereocenters. The smallest absolute Gasteiger partial charge is 0.266 e. The van der Waals surface area contributed by atoms with Crippen LogP contribution in [-0.2, 0) is 0 Å². The zero-order chi connectivity index (χ0) is 26.5. The number of benzene rings is 2. The van der Waals surface area contributed by atoms with E-state index in [1.807, 2.05) is 75.3 Å². The number of aromatic nitrogens is 2. The van der Waals surface area contributed by atoms with Gasteiger partial charge in [0.05, 0.1) is 29.0 Å². The number of nitrogens with zero attached hydrogens (tertiary/aromatic N) is 6. The first-order valence-electron chi connectivity index (χ1n) is 12.0. The molecule has 0 saturated carbocycles. The average Bonchev–Trinajstić information content (AvgIpc) is 3.35. The van der Waals surface area contributed by atoms with E-state index in [1.54, 1.807) is 18.0 Å². The Morgan fingerprint density at radius 2 is 2.05 bits per heavy atom. The van der Waals surface area contributed by atoms with Gasteiger partial charge in [-0.3, -0.25) is 14.4 Å². The van der Waals surface area contributed by atoms with Gasteiger partial charge >= 0.3 is 0 Å². The maximum atomic E-state index is 13.9. The minimum atomic E-state index is -0.433. The Morgan fingerprint density at radius 1 is 1.27 bits per heavy atom. The van der Waals surface area contributed by atoms with Gasteiger partial charge in [0, 0.05) is 19.7 Å². The minimum absolute atomic E-state index is 0.158. The Balaban J connectivity index is 1.83. The summed E-state index contributed by atoms with van der Waals surface area (Å²) in [6.45, 7) is 8.84. The Morgan fingerprint density at radius 3 is 2.78 bits per heavy atom. The highest BCUT2D eigenvalue weighted by atomic mass is 16.5. The van der Waals surface area contributed by atoms with Crippen LogP contribution in [0.4, 0.5) is 0 Å². The minimum Gasteiger partial charge on any atom is -0.492 e. The van der Waals surface area contributed by atoms with E-state index in [0.29, 0.717) is 52.1 Å². The molecule has 10 heteroatoms. The molecule has 0 saturated heterocycles. The van der Waals surface area contributed by atoms with Crippen molar-refractivity contribution in [2.45, 2.75) is 19.9 Å². The number of fused-ring (bicyclic) bond motifs is 1. The molecule has 2 aromatic carbocycles. The van der Waals surface area contributed by atoms with Gasteiger partial charge in [0.1, 0.15) is 23.9 Å². The van der Waals surface area contributed by atoms with E-state index in [9.17, 15) is 4.79 Å². The fourth-order valence-electron chi connectivity index (χ4n) is 4.10. The molecule has 1 aliphatic heterocycles. The predicted octanol–water partition coefficient (Wildman–Crippen LogP) is 2.81. The summed E-state index contributed by atoms with van der Waals surface area (Å²) < 4.78 is 7.57. The lowest BCUT2D eigenvalue weighted by Gasteiger charge is -2.21. The lowest BCUT2D eigenvalue weighted by molar-refractivity contribution is 0.261. The highest BCUT2D eigenvalue weighted by Crippen LogP contribution is 2.24. The van der Waals surface area contributed by atoms with Crippen molar-refractivity contribution in [3.05, 3.63) is 75.7 Å². The third kappa shape index (κ3) is 5.44. The second-order valence-electron chi connectivity index (χ2n) is 8.92. The SMILES string of the molecule is C=N/C(NC(C)c1nc2cccc(C)c2c(=O)n1-c1cccc(OCCN(C)C)c1)=C1/N=CN/C1=N/C. The zero-order valence-corrected chi connectivity index (χ0v) is 21.8. The summed E-state index contributed by atoms with van der Waals surface area (Å²) in [6.07, 6.45) is 1.55. The highest BCUT2D eigenvalue weighted by molar-refractivity contribution is 6.09. The number of hydrogen-bond acceptors (Lipinski definition) is 8. The molecule has 0 fully saturated rings. The number of aryl methyl sites for hydroxylation is 1. The average molecular weight is 501 g/mol. The maximum Gasteiger partial charge on any atom is 0.266 e. The van der Waals surface area contributed by atoms with Crippen LogP contribution in [0.2, 0.25) is 0 Å². The number of amidine groups is 1. The van der Waals surface area contributed by atoms with Crippen LogP contribution in [0.1, 0.15) is 24.4 Å². The molecule has 0 amide bonds. The van der Waals surface area contributed by atoms with Gasteiger partial charge in [0.2, 0.25) is 0 Å². The predicted molar refractivity (Wildman–Crippen MR) is 149 cm³/mol. The summed E-state index contributed by atoms with van der Waals surface area (Å²) in [7, 11) is 5.65. The van der Waals surface area contributed by atoms with Crippen molar-refractivity contribution in [2.24, 2.45) is 15.0 Å². The highest BCUT2D eigenvalue weighted by Gasteiger charge is 2.22. The fourth-order valence-corrected chi connectivity index (χ4v) is 4.10. The summed E-state index contributed by atoms with van der Waals surface area (Å²) in [4.78, 5) is 33.6. The van der Waals surface area contributed by atoms with Crippen LogP contribution in [0.3, 0.4) is 0 Å². The molecule has 0 aliphatic carbocycles. The Bertz CT molecular complexity index is 1470. The van der Waals surface area contributed by atoms with E-state index in [0.717, 1.165) is 12.1 Å². The molecular weight excluding hydrogens is 468 g/mol. The topological polar surface area (TPSA) is 108 Å². The van der Waals surface area contributed by atoms with Gasteiger partial charge in [0.25, 0.3) is 5.56 Å². The van der Waals surface area contributed by atoms with Crippen molar-refractivity contribution in [1.82, 2.24) is 25.1 Å². The standard InChI is InChI=1S/C27H32N8O2/c1-17-9-7-12-21-22(17)27(36)35(19-10-8-11-20(15-19)37-14-13-34(5)6)26(33-21)18(2)32-25(29-4)23-24(28-3)31-16-30-23/h7-12,15-16,18,32H,4,13-14H2,1-3,5-6H3,(H,28,30,31)/b25-23-. The van der Waals surface area contributed by atoms with E-state index in [-0.39, 0.29) is 5.56 Å². The van der Waals surface area contributed by atoms with Crippen LogP contribution >= 0.6 is 0 Å². The van der Waals surface area contributed by atoms with Gasteiger partial charge in [-0.1, -0.05) is 18.2 Å². The van der Waals surface area contributed by atoms with E-state index < -0.39 is 6.04 Å². The maximum absolute atomic E-state index is 13.9. The summed E-state index contributed by atoms with van der Waals surface area (Å²) >= 11 is 0. The fraction of sp³-hybridized carbons (Fsp3) is 0.296. The zero-order valence-electron chi connectivity index (χ0n) is 21.8. The molecule has 1 unspecified atom stereocenters. The van der Waals surface area contributed by atoms with Gasteiger partial charge in [0.15, 0.2) is 11.7 Å². The largest absolute Gasteiger partial charge is 0.492 e. The number of aliphatic imine (C=N–C) groups is 3. The molecule has 0 spiro atoms. The molecule has 0 bridgehead atoms. The third-order valence-electron chi connectivity index (χ3n) is 5.98. The first kappa shape index (κ1) is 25.8. The molecule has 37 heavy (non-hydrogen) atoms. The second-order valence-corrected chi connectivity index (χ2v) is 8.92. The third-order valence-corrected chi connectivity index (χ3v) is 5.98. The van der Waals surface area contributed by atoms with Crippen LogP contribution in [0.25, 0.3) is 16.6 Å². The summed E-state index contributed by atoms with van der Waals surface area (Å²) in [5.74, 6) is 2.19. The van der Waals surface area contributed by atoms with Gasteiger partial charge < -0.3 is 20.3 Å². The van der Waals surface area contributed by atoms with Crippen molar-refractivity contribution < 1.29 is 4.74 Å². The van der Waals surface area contributed by atoms with Crippen LogP contribution in [0, 0.1) is 6.92 Å². The molecule has 0 radical (unpaired) electrons.